The minimum absolute atomic E-state index is 1.13. The summed E-state index contributed by atoms with van der Waals surface area (Å²) in [5.74, 6) is 0. The Kier molecular flexibility index (Phi) is 1.64. The summed E-state index contributed by atoms with van der Waals surface area (Å²) < 4.78 is 3.28. The lowest BCUT2D eigenvalue weighted by Gasteiger charge is -1.93. The molecular weight excluding hydrogens is 238 g/mol. The Morgan fingerprint density at radius 3 is 2.93 bits per heavy atom. The van der Waals surface area contributed by atoms with E-state index in [0.717, 1.165) is 4.47 Å². The second kappa shape index (κ2) is 2.85. The van der Waals surface area contributed by atoms with Gasteiger partial charge in [-0.15, -0.1) is 0 Å². The lowest BCUT2D eigenvalue weighted by molar-refractivity contribution is 1.21. The molecule has 0 amide bonds. The summed E-state index contributed by atoms with van der Waals surface area (Å²) in [6.07, 6.45) is 4.22. The summed E-state index contributed by atoms with van der Waals surface area (Å²) in [4.78, 5) is 0. The van der Waals surface area contributed by atoms with E-state index in [4.69, 9.17) is 0 Å². The van der Waals surface area contributed by atoms with Crippen molar-refractivity contribution in [3.8, 4) is 0 Å². The van der Waals surface area contributed by atoms with Crippen LogP contribution in [0.4, 0.5) is 0 Å². The molecule has 0 radical (unpaired) electrons. The molecule has 0 spiro atoms. The largest absolute Gasteiger partial charge is 0.323 e. The summed E-state index contributed by atoms with van der Waals surface area (Å²) in [5, 5.41) is 2.57. The molecule has 0 atom stereocenters. The van der Waals surface area contributed by atoms with Gasteiger partial charge in [-0.2, -0.15) is 0 Å². The minimum Gasteiger partial charge on any atom is -0.323 e. The minimum atomic E-state index is 1.13. The van der Waals surface area contributed by atoms with Gasteiger partial charge < -0.3 is 4.40 Å². The van der Waals surface area contributed by atoms with Crippen molar-refractivity contribution in [3.63, 3.8) is 0 Å². The molecular formula is C12H8BrN. The molecule has 14 heavy (non-hydrogen) atoms. The molecule has 68 valence electrons. The third-order valence-electron chi connectivity index (χ3n) is 2.46. The zero-order valence-corrected chi connectivity index (χ0v) is 9.03. The first kappa shape index (κ1) is 8.06. The molecule has 0 saturated heterocycles. The summed E-state index contributed by atoms with van der Waals surface area (Å²) >= 11 is 3.49. The van der Waals surface area contributed by atoms with E-state index in [1.807, 2.05) is 6.07 Å². The van der Waals surface area contributed by atoms with Crippen molar-refractivity contribution < 1.29 is 0 Å². The molecule has 0 aliphatic rings. The van der Waals surface area contributed by atoms with Gasteiger partial charge in [0.2, 0.25) is 0 Å². The van der Waals surface area contributed by atoms with Gasteiger partial charge in [-0.3, -0.25) is 0 Å². The van der Waals surface area contributed by atoms with Crippen LogP contribution >= 0.6 is 15.9 Å². The van der Waals surface area contributed by atoms with Gasteiger partial charge in [0.1, 0.15) is 0 Å². The highest BCUT2D eigenvalue weighted by Gasteiger charge is 2.01. The van der Waals surface area contributed by atoms with Gasteiger partial charge in [-0.25, -0.2) is 0 Å². The van der Waals surface area contributed by atoms with Crippen LogP contribution in [0.1, 0.15) is 0 Å². The fourth-order valence-corrected chi connectivity index (χ4v) is 2.17. The van der Waals surface area contributed by atoms with Crippen molar-refractivity contribution in [1.29, 1.82) is 0 Å². The number of rotatable bonds is 0. The Morgan fingerprint density at radius 2 is 2.00 bits per heavy atom. The van der Waals surface area contributed by atoms with E-state index in [9.17, 15) is 0 Å². The van der Waals surface area contributed by atoms with Crippen LogP contribution in [0.3, 0.4) is 0 Å². The van der Waals surface area contributed by atoms with Crippen LogP contribution in [0.15, 0.2) is 53.3 Å². The standard InChI is InChI=1S/C12H8BrN/c13-10-5-4-9-8-14-6-2-1-3-12(14)11(9)7-10/h1-8H. The predicted octanol–water partition coefficient (Wildman–Crippen LogP) is 3.86. The van der Waals surface area contributed by atoms with E-state index in [-0.39, 0.29) is 0 Å². The van der Waals surface area contributed by atoms with Gasteiger partial charge in [-0.1, -0.05) is 28.1 Å². The first-order valence-corrected chi connectivity index (χ1v) is 5.29. The van der Waals surface area contributed by atoms with Crippen LogP contribution in [0.5, 0.6) is 0 Å². The van der Waals surface area contributed by atoms with Crippen LogP contribution in [-0.2, 0) is 0 Å². The second-order valence-corrected chi connectivity index (χ2v) is 4.27. The zero-order chi connectivity index (χ0) is 9.54. The summed E-state index contributed by atoms with van der Waals surface area (Å²) in [6.45, 7) is 0. The van der Waals surface area contributed by atoms with Crippen molar-refractivity contribution in [3.05, 3.63) is 53.3 Å². The first-order valence-electron chi connectivity index (χ1n) is 4.49. The van der Waals surface area contributed by atoms with E-state index >= 15 is 0 Å². The average molecular weight is 246 g/mol. The number of hydrogen-bond donors (Lipinski definition) is 0. The summed E-state index contributed by atoms with van der Waals surface area (Å²) in [7, 11) is 0. The number of benzene rings is 1. The molecule has 0 bridgehead atoms. The maximum atomic E-state index is 3.49. The number of aromatic nitrogens is 1. The van der Waals surface area contributed by atoms with Gasteiger partial charge in [0.25, 0.3) is 0 Å². The van der Waals surface area contributed by atoms with Crippen LogP contribution in [-0.4, -0.2) is 4.40 Å². The second-order valence-electron chi connectivity index (χ2n) is 3.35. The van der Waals surface area contributed by atoms with Gasteiger partial charge in [0.05, 0.1) is 5.52 Å². The maximum Gasteiger partial charge on any atom is 0.0528 e. The lowest BCUT2D eigenvalue weighted by Crippen LogP contribution is -1.76. The highest BCUT2D eigenvalue weighted by Crippen LogP contribution is 2.25. The molecule has 0 saturated carbocycles. The average Bonchev–Trinajstić information content (AvgIpc) is 2.56. The Hall–Kier alpha value is -1.28. The maximum absolute atomic E-state index is 3.49. The molecule has 1 nitrogen and oxygen atoms in total. The smallest absolute Gasteiger partial charge is 0.0528 e. The lowest BCUT2D eigenvalue weighted by atomic mass is 10.2. The molecule has 2 aromatic heterocycles. The molecule has 3 aromatic rings. The van der Waals surface area contributed by atoms with Gasteiger partial charge in [0, 0.05) is 27.6 Å². The van der Waals surface area contributed by atoms with Crippen LogP contribution in [0.25, 0.3) is 16.3 Å². The Balaban J connectivity index is 2.58. The van der Waals surface area contributed by atoms with E-state index in [1.54, 1.807) is 0 Å². The van der Waals surface area contributed by atoms with E-state index in [2.05, 4.69) is 63.1 Å². The van der Waals surface area contributed by atoms with Crippen LogP contribution in [0, 0.1) is 0 Å². The fourth-order valence-electron chi connectivity index (χ4n) is 1.81. The molecule has 0 aliphatic heterocycles. The summed E-state index contributed by atoms with van der Waals surface area (Å²) in [6, 6.07) is 12.6. The third kappa shape index (κ3) is 1.07. The van der Waals surface area contributed by atoms with Crippen molar-refractivity contribution in [2.75, 3.05) is 0 Å². The van der Waals surface area contributed by atoms with E-state index < -0.39 is 0 Å². The Morgan fingerprint density at radius 1 is 1.07 bits per heavy atom. The van der Waals surface area contributed by atoms with Crippen molar-refractivity contribution in [2.45, 2.75) is 0 Å². The van der Waals surface area contributed by atoms with Crippen LogP contribution in [0.2, 0.25) is 0 Å². The molecule has 3 rings (SSSR count). The Labute approximate surface area is 90.1 Å². The normalized spacial score (nSPS) is 11.2. The SMILES string of the molecule is Brc1ccc2cn3ccccc3c2c1. The number of fused-ring (bicyclic) bond motifs is 3. The van der Waals surface area contributed by atoms with Crippen molar-refractivity contribution in [2.24, 2.45) is 0 Å². The van der Waals surface area contributed by atoms with Crippen molar-refractivity contribution >= 4 is 32.2 Å². The Bertz CT molecular complexity index is 610. The molecule has 2 heteroatoms. The van der Waals surface area contributed by atoms with Crippen LogP contribution < -0.4 is 0 Å². The van der Waals surface area contributed by atoms with E-state index in [0.29, 0.717) is 0 Å². The van der Waals surface area contributed by atoms with Gasteiger partial charge in [-0.05, 0) is 24.3 Å². The molecule has 0 aliphatic carbocycles. The number of halogens is 1. The number of pyridine rings is 1. The molecule has 0 N–H and O–H groups in total. The highest BCUT2D eigenvalue weighted by molar-refractivity contribution is 9.10. The van der Waals surface area contributed by atoms with E-state index in [1.165, 1.54) is 16.3 Å². The third-order valence-corrected chi connectivity index (χ3v) is 2.95. The highest BCUT2D eigenvalue weighted by atomic mass is 79.9. The molecule has 2 heterocycles. The number of nitrogens with zero attached hydrogens (tertiary/aromatic N) is 1. The van der Waals surface area contributed by atoms with Crippen molar-refractivity contribution in [1.82, 2.24) is 4.40 Å². The van der Waals surface area contributed by atoms with Gasteiger partial charge in [0.15, 0.2) is 0 Å². The monoisotopic (exact) mass is 245 g/mol. The quantitative estimate of drug-likeness (QED) is 0.567. The molecule has 0 fully saturated rings. The predicted molar refractivity (Wildman–Crippen MR) is 62.6 cm³/mol. The molecule has 1 aromatic carbocycles. The summed E-state index contributed by atoms with van der Waals surface area (Å²) in [5.41, 5.74) is 1.25. The zero-order valence-electron chi connectivity index (χ0n) is 7.44. The topological polar surface area (TPSA) is 4.41 Å². The fraction of sp³-hybridized carbons (Fsp3) is 0. The molecule has 0 unspecified atom stereocenters. The van der Waals surface area contributed by atoms with Gasteiger partial charge >= 0.3 is 0 Å². The number of hydrogen-bond acceptors (Lipinski definition) is 0. The first-order chi connectivity index (χ1) is 6.84.